The highest BCUT2D eigenvalue weighted by molar-refractivity contribution is 9.10. The summed E-state index contributed by atoms with van der Waals surface area (Å²) in [5.74, 6) is -0.653. The topological polar surface area (TPSA) is 55.2 Å². The van der Waals surface area contributed by atoms with Crippen LogP contribution in [-0.2, 0) is 13.0 Å². The minimum Gasteiger partial charge on any atom is -0.375 e. The fourth-order valence-electron chi connectivity index (χ4n) is 1.92. The Morgan fingerprint density at radius 2 is 1.86 bits per heavy atom. The van der Waals surface area contributed by atoms with Crippen molar-refractivity contribution in [2.45, 2.75) is 19.9 Å². The van der Waals surface area contributed by atoms with Gasteiger partial charge in [0.25, 0.3) is 5.69 Å². The Balaban J connectivity index is 2.18. The minimum absolute atomic E-state index is 0.192. The third kappa shape index (κ3) is 3.78. The van der Waals surface area contributed by atoms with Gasteiger partial charge in [0.1, 0.15) is 11.5 Å². The highest BCUT2D eigenvalue weighted by Crippen LogP contribution is 2.30. The number of nitro benzene ring substituents is 1. The van der Waals surface area contributed by atoms with Crippen molar-refractivity contribution in [1.29, 1.82) is 0 Å². The van der Waals surface area contributed by atoms with Crippen molar-refractivity contribution >= 4 is 27.3 Å². The van der Waals surface area contributed by atoms with Gasteiger partial charge in [0.05, 0.1) is 15.5 Å². The molecular formula is C15H14BrFN2O2. The SMILES string of the molecule is CCc1ccc(CNc2cc(Br)c(F)cc2[N+](=O)[O-])cc1. The number of halogens is 2. The van der Waals surface area contributed by atoms with Crippen molar-refractivity contribution in [3.63, 3.8) is 0 Å². The summed E-state index contributed by atoms with van der Waals surface area (Å²) in [7, 11) is 0. The van der Waals surface area contributed by atoms with Gasteiger partial charge in [-0.25, -0.2) is 4.39 Å². The number of nitro groups is 1. The van der Waals surface area contributed by atoms with E-state index in [2.05, 4.69) is 28.2 Å². The van der Waals surface area contributed by atoms with Crippen molar-refractivity contribution in [3.05, 3.63) is 67.9 Å². The van der Waals surface area contributed by atoms with E-state index in [0.29, 0.717) is 6.54 Å². The molecule has 2 rings (SSSR count). The van der Waals surface area contributed by atoms with Gasteiger partial charge in [-0.3, -0.25) is 10.1 Å². The summed E-state index contributed by atoms with van der Waals surface area (Å²) in [4.78, 5) is 10.4. The van der Waals surface area contributed by atoms with Gasteiger partial charge >= 0.3 is 0 Å². The molecule has 0 saturated carbocycles. The maximum absolute atomic E-state index is 13.4. The van der Waals surface area contributed by atoms with E-state index >= 15 is 0 Å². The van der Waals surface area contributed by atoms with Crippen molar-refractivity contribution in [2.24, 2.45) is 0 Å². The Bertz CT molecular complexity index is 659. The second-order valence-corrected chi connectivity index (χ2v) is 5.42. The van der Waals surface area contributed by atoms with Crippen LogP contribution >= 0.6 is 15.9 Å². The molecule has 0 aromatic heterocycles. The van der Waals surface area contributed by atoms with Crippen LogP contribution in [0.15, 0.2) is 40.9 Å². The number of nitrogens with zero attached hydrogens (tertiary/aromatic N) is 1. The molecule has 0 aliphatic rings. The van der Waals surface area contributed by atoms with Gasteiger partial charge in [-0.2, -0.15) is 0 Å². The Morgan fingerprint density at radius 3 is 2.43 bits per heavy atom. The molecule has 2 aromatic rings. The first-order valence-electron chi connectivity index (χ1n) is 6.46. The zero-order valence-corrected chi connectivity index (χ0v) is 13.0. The number of anilines is 1. The molecule has 6 heteroatoms. The summed E-state index contributed by atoms with van der Waals surface area (Å²) >= 11 is 3.04. The first-order valence-corrected chi connectivity index (χ1v) is 7.25. The third-order valence-electron chi connectivity index (χ3n) is 3.15. The van der Waals surface area contributed by atoms with Crippen molar-refractivity contribution in [3.8, 4) is 0 Å². The number of hydrogen-bond acceptors (Lipinski definition) is 3. The lowest BCUT2D eigenvalue weighted by Crippen LogP contribution is -2.03. The molecule has 21 heavy (non-hydrogen) atoms. The zero-order chi connectivity index (χ0) is 15.4. The molecule has 0 radical (unpaired) electrons. The van der Waals surface area contributed by atoms with Crippen LogP contribution in [0, 0.1) is 15.9 Å². The van der Waals surface area contributed by atoms with E-state index < -0.39 is 10.7 Å². The van der Waals surface area contributed by atoms with Crippen LogP contribution in [0.3, 0.4) is 0 Å². The van der Waals surface area contributed by atoms with Gasteiger partial charge in [0.15, 0.2) is 0 Å². The third-order valence-corrected chi connectivity index (χ3v) is 3.76. The predicted octanol–water partition coefficient (Wildman–Crippen LogP) is 4.67. The monoisotopic (exact) mass is 352 g/mol. The molecule has 0 amide bonds. The summed E-state index contributed by atoms with van der Waals surface area (Å²) < 4.78 is 13.6. The van der Waals surface area contributed by atoms with E-state index in [1.165, 1.54) is 11.6 Å². The normalized spacial score (nSPS) is 10.4. The van der Waals surface area contributed by atoms with Crippen LogP contribution in [0.1, 0.15) is 18.1 Å². The molecule has 4 nitrogen and oxygen atoms in total. The fraction of sp³-hybridized carbons (Fsp3) is 0.200. The van der Waals surface area contributed by atoms with Crippen LogP contribution in [-0.4, -0.2) is 4.92 Å². The van der Waals surface area contributed by atoms with Crippen molar-refractivity contribution in [1.82, 2.24) is 0 Å². The first kappa shape index (κ1) is 15.4. The van der Waals surface area contributed by atoms with E-state index in [-0.39, 0.29) is 15.8 Å². The minimum atomic E-state index is -0.653. The molecule has 0 bridgehead atoms. The van der Waals surface area contributed by atoms with E-state index in [0.717, 1.165) is 18.1 Å². The molecule has 0 fully saturated rings. The van der Waals surface area contributed by atoms with Gasteiger partial charge in [0.2, 0.25) is 0 Å². The molecule has 2 aromatic carbocycles. The lowest BCUT2D eigenvalue weighted by molar-refractivity contribution is -0.384. The molecule has 0 atom stereocenters. The lowest BCUT2D eigenvalue weighted by Gasteiger charge is -2.09. The van der Waals surface area contributed by atoms with E-state index in [1.807, 2.05) is 24.3 Å². The lowest BCUT2D eigenvalue weighted by atomic mass is 10.1. The smallest absolute Gasteiger partial charge is 0.295 e. The molecule has 0 saturated heterocycles. The largest absolute Gasteiger partial charge is 0.375 e. The number of rotatable bonds is 5. The number of benzene rings is 2. The maximum Gasteiger partial charge on any atom is 0.295 e. The van der Waals surface area contributed by atoms with Gasteiger partial charge in [-0.15, -0.1) is 0 Å². The summed E-state index contributed by atoms with van der Waals surface area (Å²) in [6.07, 6.45) is 0.962. The second kappa shape index (κ2) is 6.67. The highest BCUT2D eigenvalue weighted by atomic mass is 79.9. The average Bonchev–Trinajstić information content (AvgIpc) is 2.48. The Labute approximate surface area is 130 Å². The standard InChI is InChI=1S/C15H14BrFN2O2/c1-2-10-3-5-11(6-4-10)9-18-14-7-12(16)13(17)8-15(14)19(20)21/h3-8,18H,2,9H2,1H3. The van der Waals surface area contributed by atoms with Crippen LogP contribution < -0.4 is 5.32 Å². The molecule has 110 valence electrons. The van der Waals surface area contributed by atoms with E-state index in [4.69, 9.17) is 0 Å². The fourth-order valence-corrected chi connectivity index (χ4v) is 2.26. The van der Waals surface area contributed by atoms with Gasteiger partial charge in [-0.05, 0) is 39.5 Å². The average molecular weight is 353 g/mol. The summed E-state index contributed by atoms with van der Waals surface area (Å²) in [6, 6.07) is 10.3. The summed E-state index contributed by atoms with van der Waals surface area (Å²) in [6.45, 7) is 2.51. The van der Waals surface area contributed by atoms with Crippen LogP contribution in [0.4, 0.5) is 15.8 Å². The number of aryl methyl sites for hydroxylation is 1. The molecule has 0 aliphatic heterocycles. The maximum atomic E-state index is 13.4. The predicted molar refractivity (Wildman–Crippen MR) is 83.9 cm³/mol. The Morgan fingerprint density at radius 1 is 1.24 bits per heavy atom. The summed E-state index contributed by atoms with van der Waals surface area (Å²) in [5.41, 5.74) is 2.24. The molecular weight excluding hydrogens is 339 g/mol. The van der Waals surface area contributed by atoms with Crippen LogP contribution in [0.2, 0.25) is 0 Å². The number of nitrogens with one attached hydrogen (secondary N) is 1. The zero-order valence-electron chi connectivity index (χ0n) is 11.4. The molecule has 0 spiro atoms. The van der Waals surface area contributed by atoms with Crippen molar-refractivity contribution in [2.75, 3.05) is 5.32 Å². The molecule has 0 unspecified atom stereocenters. The summed E-state index contributed by atoms with van der Waals surface area (Å²) in [5, 5.41) is 13.9. The second-order valence-electron chi connectivity index (χ2n) is 4.56. The van der Waals surface area contributed by atoms with Crippen molar-refractivity contribution < 1.29 is 9.31 Å². The van der Waals surface area contributed by atoms with Gasteiger partial charge < -0.3 is 5.32 Å². The Hall–Kier alpha value is -1.95. The van der Waals surface area contributed by atoms with Gasteiger partial charge in [-0.1, -0.05) is 31.2 Å². The first-order chi connectivity index (χ1) is 10.0. The Kier molecular flexibility index (Phi) is 4.90. The van der Waals surface area contributed by atoms with Gasteiger partial charge in [0, 0.05) is 6.54 Å². The number of hydrogen-bond donors (Lipinski definition) is 1. The molecule has 0 heterocycles. The van der Waals surface area contributed by atoms with E-state index in [1.54, 1.807) is 0 Å². The molecule has 1 N–H and O–H groups in total. The quantitative estimate of drug-likeness (QED) is 0.628. The van der Waals surface area contributed by atoms with Crippen LogP contribution in [0.5, 0.6) is 0 Å². The highest BCUT2D eigenvalue weighted by Gasteiger charge is 2.17. The van der Waals surface area contributed by atoms with E-state index in [9.17, 15) is 14.5 Å². The van der Waals surface area contributed by atoms with Crippen LogP contribution in [0.25, 0.3) is 0 Å². The molecule has 0 aliphatic carbocycles.